The Labute approximate surface area is 192 Å². The number of sulfone groups is 1. The van der Waals surface area contributed by atoms with Crippen LogP contribution in [0.2, 0.25) is 0 Å². The Morgan fingerprint density at radius 1 is 1.12 bits per heavy atom. The standard InChI is InChI=1S/C23H29F3N4O2S/c1-15(2)30-21(27-20(28-30)16-3-6-18(7-4-16)23(24,25)26)17-5-8-19(11-17)29-10-9-22(12-29)13-33(31,32)14-22/h3-4,6-7,15,17,19H,5,8-14H2,1-2H3/t17-,19-/m0/s1. The number of hydrogen-bond donors (Lipinski definition) is 0. The SMILES string of the molecule is CC(C)n1nc(-c2ccc(C(F)(F)F)cc2)nc1[C@H]1CC[C@H](N2CCC3(C2)CS(=O)(=O)C3)C1. The number of hydrogen-bond acceptors (Lipinski definition) is 5. The van der Waals surface area contributed by atoms with Gasteiger partial charge in [0.1, 0.15) is 5.82 Å². The van der Waals surface area contributed by atoms with Crippen LogP contribution in [0.25, 0.3) is 11.4 Å². The summed E-state index contributed by atoms with van der Waals surface area (Å²) < 4.78 is 64.1. The van der Waals surface area contributed by atoms with Gasteiger partial charge in [-0.2, -0.15) is 18.3 Å². The summed E-state index contributed by atoms with van der Waals surface area (Å²) in [5.41, 5.74) is -0.146. The molecule has 5 rings (SSSR count). The van der Waals surface area contributed by atoms with E-state index in [1.54, 1.807) is 0 Å². The highest BCUT2D eigenvalue weighted by atomic mass is 32.2. The van der Waals surface area contributed by atoms with Crippen molar-refractivity contribution in [3.05, 3.63) is 35.7 Å². The van der Waals surface area contributed by atoms with Crippen molar-refractivity contribution in [1.29, 1.82) is 0 Å². The quantitative estimate of drug-likeness (QED) is 0.650. The highest BCUT2D eigenvalue weighted by Gasteiger charge is 2.53. The first-order valence-corrected chi connectivity index (χ1v) is 13.4. The number of rotatable bonds is 4. The van der Waals surface area contributed by atoms with E-state index in [1.807, 2.05) is 18.5 Å². The van der Waals surface area contributed by atoms with Crippen LogP contribution >= 0.6 is 0 Å². The van der Waals surface area contributed by atoms with Crippen LogP contribution in [0.15, 0.2) is 24.3 Å². The molecule has 0 bridgehead atoms. The Hall–Kier alpha value is -1.94. The second-order valence-electron chi connectivity index (χ2n) is 10.3. The van der Waals surface area contributed by atoms with Gasteiger partial charge >= 0.3 is 6.18 Å². The van der Waals surface area contributed by atoms with Gasteiger partial charge in [0.05, 0.1) is 17.1 Å². The molecule has 180 valence electrons. The minimum absolute atomic E-state index is 0.0371. The maximum absolute atomic E-state index is 12.9. The Bertz CT molecular complexity index is 1130. The van der Waals surface area contributed by atoms with Crippen LogP contribution in [-0.2, 0) is 16.0 Å². The van der Waals surface area contributed by atoms with E-state index in [9.17, 15) is 21.6 Å². The molecule has 0 N–H and O–H groups in total. The molecule has 10 heteroatoms. The third-order valence-electron chi connectivity index (χ3n) is 7.42. The normalized spacial score (nSPS) is 26.8. The molecule has 0 radical (unpaired) electrons. The van der Waals surface area contributed by atoms with Crippen LogP contribution < -0.4 is 0 Å². The monoisotopic (exact) mass is 482 g/mol. The third-order valence-corrected chi connectivity index (χ3v) is 9.53. The average Bonchev–Trinajstić information content (AvgIpc) is 3.44. The topological polar surface area (TPSA) is 68.1 Å². The molecule has 0 amide bonds. The smallest absolute Gasteiger partial charge is 0.300 e. The fourth-order valence-electron chi connectivity index (χ4n) is 5.86. The lowest BCUT2D eigenvalue weighted by Gasteiger charge is -2.38. The van der Waals surface area contributed by atoms with Crippen molar-refractivity contribution in [3.63, 3.8) is 0 Å². The Balaban J connectivity index is 1.32. The van der Waals surface area contributed by atoms with Gasteiger partial charge in [0.2, 0.25) is 0 Å². The molecule has 1 aliphatic carbocycles. The fourth-order valence-corrected chi connectivity index (χ4v) is 8.11. The molecule has 1 spiro atoms. The summed E-state index contributed by atoms with van der Waals surface area (Å²) in [7, 11) is -2.83. The molecular formula is C23H29F3N4O2S. The van der Waals surface area contributed by atoms with Gasteiger partial charge in [-0.15, -0.1) is 0 Å². The molecule has 1 saturated carbocycles. The Kier molecular flexibility index (Phi) is 5.39. The molecule has 33 heavy (non-hydrogen) atoms. The predicted molar refractivity (Wildman–Crippen MR) is 119 cm³/mol. The largest absolute Gasteiger partial charge is 0.416 e. The van der Waals surface area contributed by atoms with Crippen LogP contribution in [0.5, 0.6) is 0 Å². The van der Waals surface area contributed by atoms with E-state index >= 15 is 0 Å². The van der Waals surface area contributed by atoms with E-state index in [0.29, 0.717) is 28.9 Å². The molecule has 6 nitrogen and oxygen atoms in total. The van der Waals surface area contributed by atoms with Crippen LogP contribution in [0.4, 0.5) is 13.2 Å². The van der Waals surface area contributed by atoms with Crippen LogP contribution in [0.3, 0.4) is 0 Å². The molecule has 2 saturated heterocycles. The number of halogens is 3. The number of benzene rings is 1. The number of aromatic nitrogens is 3. The molecule has 0 unspecified atom stereocenters. The summed E-state index contributed by atoms with van der Waals surface area (Å²) in [4.78, 5) is 7.24. The summed E-state index contributed by atoms with van der Waals surface area (Å²) in [6.07, 6.45) is -0.460. The Morgan fingerprint density at radius 3 is 2.42 bits per heavy atom. The van der Waals surface area contributed by atoms with E-state index < -0.39 is 21.6 Å². The van der Waals surface area contributed by atoms with Gasteiger partial charge < -0.3 is 0 Å². The van der Waals surface area contributed by atoms with Crippen LogP contribution in [0.1, 0.15) is 62.9 Å². The minimum Gasteiger partial charge on any atom is -0.300 e. The summed E-state index contributed by atoms with van der Waals surface area (Å²) in [6.45, 7) is 5.86. The number of likely N-dealkylation sites (tertiary alicyclic amines) is 1. The van der Waals surface area contributed by atoms with Gasteiger partial charge in [-0.3, -0.25) is 4.90 Å². The van der Waals surface area contributed by atoms with Gasteiger partial charge in [0, 0.05) is 35.5 Å². The lowest BCUT2D eigenvalue weighted by atomic mass is 9.91. The maximum atomic E-state index is 12.9. The molecular weight excluding hydrogens is 453 g/mol. The zero-order chi connectivity index (χ0) is 23.6. The maximum Gasteiger partial charge on any atom is 0.416 e. The lowest BCUT2D eigenvalue weighted by molar-refractivity contribution is -0.137. The van der Waals surface area contributed by atoms with E-state index in [2.05, 4.69) is 10.00 Å². The van der Waals surface area contributed by atoms with E-state index in [4.69, 9.17) is 4.98 Å². The van der Waals surface area contributed by atoms with Gasteiger partial charge in [-0.1, -0.05) is 12.1 Å². The first kappa shape index (κ1) is 22.8. The second kappa shape index (κ2) is 7.80. The summed E-state index contributed by atoms with van der Waals surface area (Å²) in [6, 6.07) is 5.50. The molecule has 2 atom stereocenters. The van der Waals surface area contributed by atoms with Crippen LogP contribution in [-0.4, -0.2) is 58.7 Å². The first-order valence-electron chi connectivity index (χ1n) is 11.5. The second-order valence-corrected chi connectivity index (χ2v) is 12.4. The molecule has 1 aromatic heterocycles. The molecule has 3 fully saturated rings. The molecule has 3 heterocycles. The minimum atomic E-state index is -4.37. The van der Waals surface area contributed by atoms with E-state index in [0.717, 1.165) is 56.7 Å². The summed E-state index contributed by atoms with van der Waals surface area (Å²) in [5, 5.41) is 4.64. The molecule has 1 aromatic carbocycles. The first-order chi connectivity index (χ1) is 15.4. The van der Waals surface area contributed by atoms with Crippen molar-refractivity contribution < 1.29 is 21.6 Å². The Morgan fingerprint density at radius 2 is 1.82 bits per heavy atom. The van der Waals surface area contributed by atoms with E-state index in [-0.39, 0.29) is 17.4 Å². The summed E-state index contributed by atoms with van der Waals surface area (Å²) in [5.74, 6) is 2.23. The van der Waals surface area contributed by atoms with Crippen molar-refractivity contribution in [2.45, 2.75) is 63.7 Å². The molecule has 2 aliphatic heterocycles. The fraction of sp³-hybridized carbons (Fsp3) is 0.652. The van der Waals surface area contributed by atoms with Gasteiger partial charge in [0.25, 0.3) is 0 Å². The van der Waals surface area contributed by atoms with Crippen molar-refractivity contribution >= 4 is 9.84 Å². The number of alkyl halides is 3. The highest BCUT2D eigenvalue weighted by molar-refractivity contribution is 7.92. The average molecular weight is 483 g/mol. The van der Waals surface area contributed by atoms with Crippen LogP contribution in [0, 0.1) is 5.41 Å². The lowest BCUT2D eigenvalue weighted by Crippen LogP contribution is -2.50. The van der Waals surface area contributed by atoms with Gasteiger partial charge in [-0.25, -0.2) is 18.1 Å². The molecule has 2 aromatic rings. The van der Waals surface area contributed by atoms with Crippen molar-refractivity contribution in [2.24, 2.45) is 5.41 Å². The summed E-state index contributed by atoms with van der Waals surface area (Å²) >= 11 is 0. The number of nitrogens with zero attached hydrogens (tertiary/aromatic N) is 4. The highest BCUT2D eigenvalue weighted by Crippen LogP contribution is 2.45. The van der Waals surface area contributed by atoms with Gasteiger partial charge in [0.15, 0.2) is 15.7 Å². The molecule has 3 aliphatic rings. The van der Waals surface area contributed by atoms with Crippen molar-refractivity contribution in [1.82, 2.24) is 19.7 Å². The van der Waals surface area contributed by atoms with Crippen molar-refractivity contribution in [2.75, 3.05) is 24.6 Å². The third kappa shape index (κ3) is 4.32. The van der Waals surface area contributed by atoms with E-state index in [1.165, 1.54) is 12.1 Å². The predicted octanol–water partition coefficient (Wildman–Crippen LogP) is 4.30. The zero-order valence-electron chi connectivity index (χ0n) is 18.8. The zero-order valence-corrected chi connectivity index (χ0v) is 19.7. The van der Waals surface area contributed by atoms with Crippen molar-refractivity contribution in [3.8, 4) is 11.4 Å². The van der Waals surface area contributed by atoms with Gasteiger partial charge in [-0.05, 0) is 58.2 Å².